The number of carbonyl (C=O) groups excluding carboxylic acids is 1. The summed E-state index contributed by atoms with van der Waals surface area (Å²) in [7, 11) is 0. The quantitative estimate of drug-likeness (QED) is 0.785. The van der Waals surface area contributed by atoms with Gasteiger partial charge in [0.2, 0.25) is 5.91 Å². The number of nitrogens with one attached hydrogen (secondary N) is 2. The molecule has 4 heteroatoms. The van der Waals surface area contributed by atoms with Gasteiger partial charge in [-0.25, -0.2) is 0 Å². The van der Waals surface area contributed by atoms with Crippen molar-refractivity contribution >= 4 is 17.2 Å². The van der Waals surface area contributed by atoms with E-state index in [-0.39, 0.29) is 11.9 Å². The third-order valence-corrected chi connectivity index (χ3v) is 3.84. The molecule has 2 N–H and O–H groups in total. The van der Waals surface area contributed by atoms with Gasteiger partial charge in [0.05, 0.1) is 12.6 Å². The first-order valence-electron chi connectivity index (χ1n) is 6.23. The zero-order valence-corrected chi connectivity index (χ0v) is 11.6. The molecular formula is C13H22N2OS. The monoisotopic (exact) mass is 254 g/mol. The summed E-state index contributed by atoms with van der Waals surface area (Å²) in [5, 5.41) is 8.30. The first-order valence-corrected chi connectivity index (χ1v) is 7.11. The van der Waals surface area contributed by atoms with E-state index in [0.717, 1.165) is 12.8 Å². The van der Waals surface area contributed by atoms with Crippen molar-refractivity contribution in [3.8, 4) is 0 Å². The highest BCUT2D eigenvalue weighted by Gasteiger charge is 2.13. The number of hydrogen-bond acceptors (Lipinski definition) is 3. The van der Waals surface area contributed by atoms with Crippen LogP contribution in [-0.4, -0.2) is 18.5 Å². The van der Waals surface area contributed by atoms with E-state index in [9.17, 15) is 4.79 Å². The summed E-state index contributed by atoms with van der Waals surface area (Å²) < 4.78 is 0. The highest BCUT2D eigenvalue weighted by Crippen LogP contribution is 2.21. The SMILES string of the molecule is CCC(C)NCC(=O)NC(CC)c1cccs1. The van der Waals surface area contributed by atoms with E-state index in [1.165, 1.54) is 4.88 Å². The molecule has 1 amide bonds. The highest BCUT2D eigenvalue weighted by atomic mass is 32.1. The molecule has 1 rings (SSSR count). The first kappa shape index (κ1) is 14.2. The molecule has 0 bridgehead atoms. The summed E-state index contributed by atoms with van der Waals surface area (Å²) in [5.41, 5.74) is 0. The smallest absolute Gasteiger partial charge is 0.234 e. The molecule has 0 saturated carbocycles. The van der Waals surface area contributed by atoms with Gasteiger partial charge in [-0.05, 0) is 31.2 Å². The van der Waals surface area contributed by atoms with Crippen LogP contribution in [0, 0.1) is 0 Å². The van der Waals surface area contributed by atoms with Crippen molar-refractivity contribution < 1.29 is 4.79 Å². The third-order valence-electron chi connectivity index (χ3n) is 2.85. The van der Waals surface area contributed by atoms with E-state index in [4.69, 9.17) is 0 Å². The predicted octanol–water partition coefficient (Wildman–Crippen LogP) is 2.70. The van der Waals surface area contributed by atoms with Crippen molar-refractivity contribution in [3.05, 3.63) is 22.4 Å². The van der Waals surface area contributed by atoms with Crippen molar-refractivity contribution in [2.24, 2.45) is 0 Å². The minimum atomic E-state index is 0.0746. The Kier molecular flexibility index (Phi) is 6.22. The zero-order chi connectivity index (χ0) is 12.7. The number of hydrogen-bond donors (Lipinski definition) is 2. The minimum absolute atomic E-state index is 0.0746. The van der Waals surface area contributed by atoms with Gasteiger partial charge in [0.25, 0.3) is 0 Å². The fourth-order valence-electron chi connectivity index (χ4n) is 1.52. The topological polar surface area (TPSA) is 41.1 Å². The number of thiophene rings is 1. The predicted molar refractivity (Wildman–Crippen MR) is 73.2 cm³/mol. The molecule has 0 aliphatic rings. The van der Waals surface area contributed by atoms with Crippen molar-refractivity contribution in [1.82, 2.24) is 10.6 Å². The summed E-state index contributed by atoms with van der Waals surface area (Å²) in [5.74, 6) is 0.0746. The molecule has 0 fully saturated rings. The van der Waals surface area contributed by atoms with Gasteiger partial charge in [-0.1, -0.05) is 19.9 Å². The van der Waals surface area contributed by atoms with E-state index in [2.05, 4.69) is 37.5 Å². The van der Waals surface area contributed by atoms with E-state index >= 15 is 0 Å². The van der Waals surface area contributed by atoms with Gasteiger partial charge in [0.15, 0.2) is 0 Å². The van der Waals surface area contributed by atoms with E-state index in [1.54, 1.807) is 11.3 Å². The second-order valence-electron chi connectivity index (χ2n) is 4.23. The third kappa shape index (κ3) is 4.88. The molecule has 0 radical (unpaired) electrons. The normalized spacial score (nSPS) is 14.3. The van der Waals surface area contributed by atoms with E-state index in [1.807, 2.05) is 11.4 Å². The molecule has 3 nitrogen and oxygen atoms in total. The van der Waals surface area contributed by atoms with Crippen LogP contribution in [0.4, 0.5) is 0 Å². The lowest BCUT2D eigenvalue weighted by molar-refractivity contribution is -0.121. The van der Waals surface area contributed by atoms with Gasteiger partial charge in [-0.15, -0.1) is 11.3 Å². The van der Waals surface area contributed by atoms with Crippen molar-refractivity contribution in [1.29, 1.82) is 0 Å². The van der Waals surface area contributed by atoms with Crippen molar-refractivity contribution in [2.75, 3.05) is 6.54 Å². The van der Waals surface area contributed by atoms with Crippen LogP contribution in [0.1, 0.15) is 44.5 Å². The average molecular weight is 254 g/mol. The second-order valence-corrected chi connectivity index (χ2v) is 5.21. The Balaban J connectivity index is 2.38. The molecule has 2 atom stereocenters. The van der Waals surface area contributed by atoms with Crippen LogP contribution in [0.5, 0.6) is 0 Å². The van der Waals surface area contributed by atoms with E-state index < -0.39 is 0 Å². The van der Waals surface area contributed by atoms with Gasteiger partial charge in [-0.3, -0.25) is 4.79 Å². The lowest BCUT2D eigenvalue weighted by Crippen LogP contribution is -2.39. The zero-order valence-electron chi connectivity index (χ0n) is 10.8. The van der Waals surface area contributed by atoms with Crippen molar-refractivity contribution in [2.45, 2.75) is 45.7 Å². The van der Waals surface area contributed by atoms with E-state index in [0.29, 0.717) is 12.6 Å². The van der Waals surface area contributed by atoms with Gasteiger partial charge in [0.1, 0.15) is 0 Å². The highest BCUT2D eigenvalue weighted by molar-refractivity contribution is 7.10. The molecule has 96 valence electrons. The van der Waals surface area contributed by atoms with Crippen molar-refractivity contribution in [3.63, 3.8) is 0 Å². The van der Waals surface area contributed by atoms with Crippen LogP contribution in [0.2, 0.25) is 0 Å². The Labute approximate surface area is 108 Å². The molecule has 0 aromatic carbocycles. The molecule has 0 aliphatic heterocycles. The minimum Gasteiger partial charge on any atom is -0.347 e. The Bertz CT molecular complexity index is 324. The maximum absolute atomic E-state index is 11.8. The van der Waals surface area contributed by atoms with Crippen LogP contribution >= 0.6 is 11.3 Å². The number of rotatable bonds is 7. The summed E-state index contributed by atoms with van der Waals surface area (Å²) in [6.07, 6.45) is 1.96. The maximum Gasteiger partial charge on any atom is 0.234 e. The summed E-state index contributed by atoms with van der Waals surface area (Å²) in [4.78, 5) is 13.0. The standard InChI is InChI=1S/C13H22N2OS/c1-4-10(3)14-9-13(16)15-11(5-2)12-7-6-8-17-12/h6-8,10-11,14H,4-5,9H2,1-3H3,(H,15,16). The fourth-order valence-corrected chi connectivity index (χ4v) is 2.38. The Morgan fingerprint density at radius 2 is 2.18 bits per heavy atom. The van der Waals surface area contributed by atoms with Crippen LogP contribution in [0.3, 0.4) is 0 Å². The number of carbonyl (C=O) groups is 1. The fraction of sp³-hybridized carbons (Fsp3) is 0.615. The van der Waals surface area contributed by atoms with Crippen LogP contribution in [-0.2, 0) is 4.79 Å². The lowest BCUT2D eigenvalue weighted by atomic mass is 10.2. The Morgan fingerprint density at radius 3 is 2.71 bits per heavy atom. The summed E-state index contributed by atoms with van der Waals surface area (Å²) in [6, 6.07) is 4.64. The molecule has 1 aromatic heterocycles. The van der Waals surface area contributed by atoms with Gasteiger partial charge in [-0.2, -0.15) is 0 Å². The molecular weight excluding hydrogens is 232 g/mol. The molecule has 1 heterocycles. The average Bonchev–Trinajstić information content (AvgIpc) is 2.86. The maximum atomic E-state index is 11.8. The van der Waals surface area contributed by atoms with Crippen LogP contribution in [0.25, 0.3) is 0 Å². The second kappa shape index (κ2) is 7.45. The van der Waals surface area contributed by atoms with Crippen LogP contribution < -0.4 is 10.6 Å². The molecule has 1 aromatic rings. The molecule has 2 unspecified atom stereocenters. The Hall–Kier alpha value is -0.870. The Morgan fingerprint density at radius 1 is 1.41 bits per heavy atom. The summed E-state index contributed by atoms with van der Waals surface area (Å²) >= 11 is 1.69. The van der Waals surface area contributed by atoms with Crippen LogP contribution in [0.15, 0.2) is 17.5 Å². The largest absolute Gasteiger partial charge is 0.347 e. The molecule has 0 aliphatic carbocycles. The van der Waals surface area contributed by atoms with Gasteiger partial charge in [0, 0.05) is 10.9 Å². The number of amides is 1. The molecule has 0 spiro atoms. The van der Waals surface area contributed by atoms with Gasteiger partial charge < -0.3 is 10.6 Å². The summed E-state index contributed by atoms with van der Waals surface area (Å²) in [6.45, 7) is 6.68. The molecule has 17 heavy (non-hydrogen) atoms. The first-order chi connectivity index (χ1) is 8.17. The molecule has 0 saturated heterocycles. The van der Waals surface area contributed by atoms with Gasteiger partial charge >= 0.3 is 0 Å². The lowest BCUT2D eigenvalue weighted by Gasteiger charge is -2.17.